The van der Waals surface area contributed by atoms with Crippen LogP contribution in [0.15, 0.2) is 5.38 Å². The van der Waals surface area contributed by atoms with Gasteiger partial charge in [-0.15, -0.1) is 11.3 Å². The number of anilines is 1. The number of nitrogens with one attached hydrogen (secondary N) is 2. The quantitative estimate of drug-likeness (QED) is 0.806. The average Bonchev–Trinajstić information content (AvgIpc) is 3.16. The Morgan fingerprint density at radius 2 is 2.08 bits per heavy atom. The molecule has 2 N–H and O–H groups in total. The van der Waals surface area contributed by atoms with Crippen molar-refractivity contribution in [1.29, 1.82) is 0 Å². The molecule has 0 radical (unpaired) electrons. The number of nitrogens with zero attached hydrogens (tertiary/aromatic N) is 1. The third-order valence-corrected chi connectivity index (χ3v) is 4.73. The second-order valence-electron chi connectivity index (χ2n) is 6.38. The lowest BCUT2D eigenvalue weighted by Gasteiger charge is -2.08. The van der Waals surface area contributed by atoms with Gasteiger partial charge in [0.1, 0.15) is 5.69 Å². The number of rotatable bonds is 5. The number of carbonyl (C=O) groups excluding carboxylic acids is 2. The summed E-state index contributed by atoms with van der Waals surface area (Å²) >= 11 is 1.42. The summed E-state index contributed by atoms with van der Waals surface area (Å²) in [6, 6.07) is 0. The van der Waals surface area contributed by atoms with Crippen LogP contribution < -0.4 is 5.32 Å². The lowest BCUT2D eigenvalue weighted by atomic mass is 10.1. The second kappa shape index (κ2) is 6.39. The zero-order valence-electron chi connectivity index (χ0n) is 14.2. The number of ether oxygens (including phenoxy) is 1. The first-order valence-electron chi connectivity index (χ1n) is 8.03. The summed E-state index contributed by atoms with van der Waals surface area (Å²) in [5, 5.41) is 5.38. The molecule has 0 atom stereocenters. The zero-order valence-corrected chi connectivity index (χ0v) is 15.0. The van der Waals surface area contributed by atoms with Crippen molar-refractivity contribution in [3.63, 3.8) is 0 Å². The predicted molar refractivity (Wildman–Crippen MR) is 92.9 cm³/mol. The van der Waals surface area contributed by atoms with Crippen LogP contribution in [0.5, 0.6) is 0 Å². The first kappa shape index (κ1) is 16.7. The molecular formula is C17H21N3O3S. The maximum absolute atomic E-state index is 12.5. The van der Waals surface area contributed by atoms with Crippen LogP contribution in [-0.4, -0.2) is 27.9 Å². The van der Waals surface area contributed by atoms with E-state index >= 15 is 0 Å². The number of thiazole rings is 1. The normalized spacial score (nSPS) is 14.0. The molecule has 3 rings (SSSR count). The highest BCUT2D eigenvalue weighted by Crippen LogP contribution is 2.40. The number of hydrogen-bond donors (Lipinski definition) is 2. The summed E-state index contributed by atoms with van der Waals surface area (Å²) in [6.07, 6.45) is 2.14. The van der Waals surface area contributed by atoms with Gasteiger partial charge in [0.15, 0.2) is 5.13 Å². The van der Waals surface area contributed by atoms with Crippen LogP contribution in [0.1, 0.15) is 70.4 Å². The third kappa shape index (κ3) is 3.36. The number of hydrogen-bond acceptors (Lipinski definition) is 5. The zero-order chi connectivity index (χ0) is 17.4. The minimum absolute atomic E-state index is 0.209. The SMILES string of the molecule is Cc1[nH]c(C(=O)Nc2nc(C3CC3)cs2)c(C)c1C(=O)OC(C)C. The monoisotopic (exact) mass is 347 g/mol. The number of aromatic nitrogens is 2. The molecule has 1 aliphatic rings. The molecule has 2 aromatic heterocycles. The van der Waals surface area contributed by atoms with Crippen molar-refractivity contribution >= 4 is 28.3 Å². The lowest BCUT2D eigenvalue weighted by Crippen LogP contribution is -2.15. The van der Waals surface area contributed by atoms with Gasteiger partial charge in [-0.1, -0.05) is 0 Å². The van der Waals surface area contributed by atoms with Crippen LogP contribution in [0.4, 0.5) is 5.13 Å². The van der Waals surface area contributed by atoms with Gasteiger partial charge >= 0.3 is 5.97 Å². The Morgan fingerprint density at radius 1 is 1.38 bits per heavy atom. The van der Waals surface area contributed by atoms with E-state index in [2.05, 4.69) is 15.3 Å². The van der Waals surface area contributed by atoms with E-state index in [1.807, 2.05) is 5.38 Å². The van der Waals surface area contributed by atoms with Crippen molar-refractivity contribution in [2.45, 2.75) is 52.6 Å². The molecular weight excluding hydrogens is 326 g/mol. The summed E-state index contributed by atoms with van der Waals surface area (Å²) in [5.41, 5.74) is 3.06. The van der Waals surface area contributed by atoms with E-state index in [1.165, 1.54) is 24.2 Å². The number of aromatic amines is 1. The van der Waals surface area contributed by atoms with Crippen molar-refractivity contribution in [2.24, 2.45) is 0 Å². The van der Waals surface area contributed by atoms with E-state index in [1.54, 1.807) is 27.7 Å². The standard InChI is InChI=1S/C17H21N3O3S/c1-8(2)23-16(22)13-9(3)14(18-10(13)4)15(21)20-17-19-12(7-24-17)11-5-6-11/h7-8,11,18H,5-6H2,1-4H3,(H,19,20,21). The lowest BCUT2D eigenvalue weighted by molar-refractivity contribution is 0.0376. The van der Waals surface area contributed by atoms with Crippen molar-refractivity contribution < 1.29 is 14.3 Å². The number of esters is 1. The Bertz CT molecular complexity index is 787. The molecule has 0 spiro atoms. The molecule has 6 nitrogen and oxygen atoms in total. The van der Waals surface area contributed by atoms with Crippen LogP contribution in [-0.2, 0) is 4.74 Å². The molecule has 1 amide bonds. The summed E-state index contributed by atoms with van der Waals surface area (Å²) in [7, 11) is 0. The van der Waals surface area contributed by atoms with Crippen molar-refractivity contribution in [2.75, 3.05) is 5.32 Å². The molecule has 0 saturated heterocycles. The Labute approximate surface area is 144 Å². The van der Waals surface area contributed by atoms with E-state index < -0.39 is 5.97 Å². The molecule has 0 aromatic carbocycles. The van der Waals surface area contributed by atoms with Gasteiger partial charge in [-0.2, -0.15) is 0 Å². The Morgan fingerprint density at radius 3 is 2.71 bits per heavy atom. The Hall–Kier alpha value is -2.15. The maximum atomic E-state index is 12.5. The summed E-state index contributed by atoms with van der Waals surface area (Å²) in [6.45, 7) is 7.09. The first-order valence-corrected chi connectivity index (χ1v) is 8.91. The summed E-state index contributed by atoms with van der Waals surface area (Å²) in [5.74, 6) is -0.157. The number of amides is 1. The summed E-state index contributed by atoms with van der Waals surface area (Å²) in [4.78, 5) is 32.1. The van der Waals surface area contributed by atoms with Crippen LogP contribution in [0.25, 0.3) is 0 Å². The Balaban J connectivity index is 1.78. The molecule has 1 aliphatic carbocycles. The van der Waals surface area contributed by atoms with Crippen LogP contribution in [0.3, 0.4) is 0 Å². The molecule has 1 saturated carbocycles. The van der Waals surface area contributed by atoms with Crippen LogP contribution >= 0.6 is 11.3 Å². The van der Waals surface area contributed by atoms with Crippen LogP contribution in [0.2, 0.25) is 0 Å². The molecule has 24 heavy (non-hydrogen) atoms. The fourth-order valence-electron chi connectivity index (χ4n) is 2.63. The highest BCUT2D eigenvalue weighted by molar-refractivity contribution is 7.14. The second-order valence-corrected chi connectivity index (χ2v) is 7.24. The van der Waals surface area contributed by atoms with E-state index in [4.69, 9.17) is 4.74 Å². The highest BCUT2D eigenvalue weighted by Gasteiger charge is 2.27. The predicted octanol–water partition coefficient (Wildman–Crippen LogP) is 3.78. The molecule has 0 aliphatic heterocycles. The average molecular weight is 347 g/mol. The minimum atomic E-state index is -0.416. The molecule has 7 heteroatoms. The highest BCUT2D eigenvalue weighted by atomic mass is 32.1. The largest absolute Gasteiger partial charge is 0.459 e. The summed E-state index contributed by atoms with van der Waals surface area (Å²) < 4.78 is 5.24. The minimum Gasteiger partial charge on any atom is -0.459 e. The van der Waals surface area contributed by atoms with Gasteiger partial charge in [0.25, 0.3) is 5.91 Å². The van der Waals surface area contributed by atoms with Gasteiger partial charge in [-0.3, -0.25) is 10.1 Å². The fraction of sp³-hybridized carbons (Fsp3) is 0.471. The fourth-order valence-corrected chi connectivity index (χ4v) is 3.41. The number of carbonyl (C=O) groups is 2. The van der Waals surface area contributed by atoms with Crippen molar-refractivity contribution in [3.8, 4) is 0 Å². The Kier molecular flexibility index (Phi) is 4.45. The van der Waals surface area contributed by atoms with Gasteiger partial charge in [0.2, 0.25) is 0 Å². The van der Waals surface area contributed by atoms with Crippen LogP contribution in [0, 0.1) is 13.8 Å². The number of H-pyrrole nitrogens is 1. The molecule has 128 valence electrons. The molecule has 2 aromatic rings. The molecule has 0 unspecified atom stereocenters. The van der Waals surface area contributed by atoms with Gasteiger partial charge in [-0.25, -0.2) is 9.78 Å². The van der Waals surface area contributed by atoms with Crippen molar-refractivity contribution in [1.82, 2.24) is 9.97 Å². The molecule has 2 heterocycles. The van der Waals surface area contributed by atoms with Gasteiger partial charge in [0.05, 0.1) is 17.4 Å². The molecule has 0 bridgehead atoms. The topological polar surface area (TPSA) is 84.1 Å². The van der Waals surface area contributed by atoms with E-state index in [-0.39, 0.29) is 12.0 Å². The smallest absolute Gasteiger partial charge is 0.340 e. The first-order chi connectivity index (χ1) is 11.4. The van der Waals surface area contributed by atoms with E-state index in [9.17, 15) is 9.59 Å². The van der Waals surface area contributed by atoms with Gasteiger partial charge < -0.3 is 9.72 Å². The number of aryl methyl sites for hydroxylation is 1. The maximum Gasteiger partial charge on any atom is 0.340 e. The van der Waals surface area contributed by atoms with Gasteiger partial charge in [0, 0.05) is 17.0 Å². The van der Waals surface area contributed by atoms with E-state index in [0.717, 1.165) is 5.69 Å². The van der Waals surface area contributed by atoms with E-state index in [0.29, 0.717) is 33.6 Å². The van der Waals surface area contributed by atoms with Gasteiger partial charge in [-0.05, 0) is 46.1 Å². The van der Waals surface area contributed by atoms with Crippen molar-refractivity contribution in [3.05, 3.63) is 33.6 Å². The third-order valence-electron chi connectivity index (χ3n) is 3.95. The molecule has 1 fully saturated rings.